The minimum absolute atomic E-state index is 0.458. The Labute approximate surface area is 91.2 Å². The molecule has 1 fully saturated rings. The van der Waals surface area contributed by atoms with Gasteiger partial charge in [0.15, 0.2) is 0 Å². The van der Waals surface area contributed by atoms with Crippen LogP contribution in [0.5, 0.6) is 0 Å². The normalized spacial score (nSPS) is 22.9. The third-order valence-electron chi connectivity index (χ3n) is 3.04. The number of hydrogen-bond donors (Lipinski definition) is 1. The Morgan fingerprint density at radius 2 is 2.07 bits per heavy atom. The summed E-state index contributed by atoms with van der Waals surface area (Å²) in [4.78, 5) is 0. The zero-order chi connectivity index (χ0) is 10.8. The summed E-state index contributed by atoms with van der Waals surface area (Å²) in [6.45, 7) is 6.62. The van der Waals surface area contributed by atoms with Gasteiger partial charge in [-0.25, -0.2) is 0 Å². The van der Waals surface area contributed by atoms with Crippen molar-refractivity contribution in [1.82, 2.24) is 0 Å². The van der Waals surface area contributed by atoms with Gasteiger partial charge >= 0.3 is 0 Å². The monoisotopic (exact) mass is 212 g/mol. The Kier molecular flexibility index (Phi) is 3.86. The van der Waals surface area contributed by atoms with E-state index in [2.05, 4.69) is 26.8 Å². The molecule has 80 valence electrons. The van der Waals surface area contributed by atoms with Crippen molar-refractivity contribution in [3.05, 3.63) is 0 Å². The standard InChI is InChI=1S/C11H20N2S/c1-8(2)9(3)14-7-11(13,6-12)10-4-5-10/h8-10H,4-5,7,13H2,1-3H3. The molecule has 0 amide bonds. The molecule has 1 aliphatic carbocycles. The van der Waals surface area contributed by atoms with Gasteiger partial charge in [-0.1, -0.05) is 20.8 Å². The van der Waals surface area contributed by atoms with Crippen molar-refractivity contribution in [1.29, 1.82) is 5.26 Å². The van der Waals surface area contributed by atoms with E-state index in [9.17, 15) is 0 Å². The van der Waals surface area contributed by atoms with Crippen LogP contribution in [0.25, 0.3) is 0 Å². The number of nitriles is 1. The third-order valence-corrected chi connectivity index (χ3v) is 4.75. The molecule has 2 N–H and O–H groups in total. The van der Waals surface area contributed by atoms with Crippen LogP contribution in [-0.2, 0) is 0 Å². The maximum Gasteiger partial charge on any atom is 0.116 e. The summed E-state index contributed by atoms with van der Waals surface area (Å²) in [5, 5.41) is 9.65. The van der Waals surface area contributed by atoms with Crippen LogP contribution in [0.3, 0.4) is 0 Å². The molecule has 2 nitrogen and oxygen atoms in total. The number of thioether (sulfide) groups is 1. The predicted octanol–water partition coefficient (Wildman–Crippen LogP) is 2.40. The zero-order valence-electron chi connectivity index (χ0n) is 9.29. The van der Waals surface area contributed by atoms with E-state index in [4.69, 9.17) is 11.0 Å². The topological polar surface area (TPSA) is 49.8 Å². The highest BCUT2D eigenvalue weighted by Gasteiger charge is 2.42. The molecule has 0 saturated heterocycles. The maximum absolute atomic E-state index is 9.06. The highest BCUT2D eigenvalue weighted by molar-refractivity contribution is 7.99. The van der Waals surface area contributed by atoms with E-state index in [0.717, 1.165) is 18.6 Å². The molecule has 1 aliphatic rings. The van der Waals surface area contributed by atoms with Gasteiger partial charge in [0.25, 0.3) is 0 Å². The molecular weight excluding hydrogens is 192 g/mol. The molecule has 0 radical (unpaired) electrons. The van der Waals surface area contributed by atoms with Crippen molar-refractivity contribution in [3.63, 3.8) is 0 Å². The highest BCUT2D eigenvalue weighted by atomic mass is 32.2. The van der Waals surface area contributed by atoms with E-state index in [1.165, 1.54) is 0 Å². The zero-order valence-corrected chi connectivity index (χ0v) is 10.1. The molecule has 0 aliphatic heterocycles. The van der Waals surface area contributed by atoms with E-state index in [-0.39, 0.29) is 0 Å². The Morgan fingerprint density at radius 3 is 2.43 bits per heavy atom. The Balaban J connectivity index is 2.38. The predicted molar refractivity (Wildman–Crippen MR) is 62.0 cm³/mol. The molecule has 2 unspecified atom stereocenters. The first-order valence-electron chi connectivity index (χ1n) is 5.31. The first-order chi connectivity index (χ1) is 6.49. The van der Waals surface area contributed by atoms with E-state index >= 15 is 0 Å². The van der Waals surface area contributed by atoms with Gasteiger partial charge in [0.2, 0.25) is 0 Å². The van der Waals surface area contributed by atoms with Crippen molar-refractivity contribution in [2.75, 3.05) is 5.75 Å². The van der Waals surface area contributed by atoms with Gasteiger partial charge in [-0.05, 0) is 24.7 Å². The van der Waals surface area contributed by atoms with Gasteiger partial charge in [-0.2, -0.15) is 17.0 Å². The van der Waals surface area contributed by atoms with Crippen LogP contribution in [0.1, 0.15) is 33.6 Å². The SMILES string of the molecule is CC(C)C(C)SCC(N)(C#N)C1CC1. The van der Waals surface area contributed by atoms with Crippen molar-refractivity contribution in [2.24, 2.45) is 17.6 Å². The minimum Gasteiger partial charge on any atom is -0.312 e. The van der Waals surface area contributed by atoms with Gasteiger partial charge in [-0.15, -0.1) is 0 Å². The largest absolute Gasteiger partial charge is 0.312 e. The van der Waals surface area contributed by atoms with E-state index < -0.39 is 5.54 Å². The fourth-order valence-electron chi connectivity index (χ4n) is 1.30. The molecule has 0 heterocycles. The molecule has 0 bridgehead atoms. The van der Waals surface area contributed by atoms with E-state index in [0.29, 0.717) is 17.1 Å². The van der Waals surface area contributed by atoms with Crippen molar-refractivity contribution < 1.29 is 0 Å². The van der Waals surface area contributed by atoms with Crippen LogP contribution in [0.15, 0.2) is 0 Å². The van der Waals surface area contributed by atoms with Crippen LogP contribution < -0.4 is 5.73 Å². The first-order valence-corrected chi connectivity index (χ1v) is 6.36. The number of hydrogen-bond acceptors (Lipinski definition) is 3. The lowest BCUT2D eigenvalue weighted by Gasteiger charge is -2.24. The Morgan fingerprint density at radius 1 is 1.50 bits per heavy atom. The van der Waals surface area contributed by atoms with Gasteiger partial charge in [0, 0.05) is 11.0 Å². The summed E-state index contributed by atoms with van der Waals surface area (Å²) in [7, 11) is 0. The smallest absolute Gasteiger partial charge is 0.116 e. The third kappa shape index (κ3) is 2.90. The van der Waals surface area contributed by atoms with Crippen molar-refractivity contribution >= 4 is 11.8 Å². The second kappa shape index (κ2) is 4.55. The molecule has 0 aromatic carbocycles. The average molecular weight is 212 g/mol. The van der Waals surface area contributed by atoms with Crippen LogP contribution in [0, 0.1) is 23.2 Å². The molecule has 1 saturated carbocycles. The van der Waals surface area contributed by atoms with E-state index in [1.54, 1.807) is 0 Å². The lowest BCUT2D eigenvalue weighted by molar-refractivity contribution is 0.529. The molecule has 2 atom stereocenters. The quantitative estimate of drug-likeness (QED) is 0.761. The van der Waals surface area contributed by atoms with Crippen LogP contribution in [0.2, 0.25) is 0 Å². The highest BCUT2D eigenvalue weighted by Crippen LogP contribution is 2.40. The molecule has 0 aromatic rings. The first kappa shape index (κ1) is 11.9. The molecule has 14 heavy (non-hydrogen) atoms. The van der Waals surface area contributed by atoms with Crippen LogP contribution in [0.4, 0.5) is 0 Å². The van der Waals surface area contributed by atoms with Gasteiger partial charge in [-0.3, -0.25) is 0 Å². The van der Waals surface area contributed by atoms with Crippen LogP contribution in [-0.4, -0.2) is 16.5 Å². The molecule has 0 spiro atoms. The second-order valence-electron chi connectivity index (χ2n) is 4.69. The summed E-state index contributed by atoms with van der Waals surface area (Å²) in [5.74, 6) is 1.90. The lowest BCUT2D eigenvalue weighted by atomic mass is 10.00. The number of nitrogens with two attached hydrogens (primary N) is 1. The lowest BCUT2D eigenvalue weighted by Crippen LogP contribution is -2.43. The summed E-state index contributed by atoms with van der Waals surface area (Å²) in [5.41, 5.74) is 5.51. The Hall–Kier alpha value is -0.200. The second-order valence-corrected chi connectivity index (χ2v) is 6.05. The molecular formula is C11H20N2S. The van der Waals surface area contributed by atoms with E-state index in [1.807, 2.05) is 11.8 Å². The van der Waals surface area contributed by atoms with Crippen molar-refractivity contribution in [2.45, 2.75) is 44.4 Å². The van der Waals surface area contributed by atoms with Crippen molar-refractivity contribution in [3.8, 4) is 6.07 Å². The molecule has 1 rings (SSSR count). The Bertz CT molecular complexity index is 230. The van der Waals surface area contributed by atoms with Crippen LogP contribution >= 0.6 is 11.8 Å². The molecule has 3 heteroatoms. The number of rotatable bonds is 5. The maximum atomic E-state index is 9.06. The minimum atomic E-state index is -0.562. The fourth-order valence-corrected chi connectivity index (χ4v) is 2.53. The summed E-state index contributed by atoms with van der Waals surface area (Å²) in [6.07, 6.45) is 2.28. The van der Waals surface area contributed by atoms with Gasteiger partial charge in [0.05, 0.1) is 6.07 Å². The summed E-state index contributed by atoms with van der Waals surface area (Å²) >= 11 is 1.84. The summed E-state index contributed by atoms with van der Waals surface area (Å²) in [6, 6.07) is 2.29. The summed E-state index contributed by atoms with van der Waals surface area (Å²) < 4.78 is 0. The number of nitrogens with zero attached hydrogens (tertiary/aromatic N) is 1. The average Bonchev–Trinajstić information content (AvgIpc) is 2.96. The fraction of sp³-hybridized carbons (Fsp3) is 0.909. The van der Waals surface area contributed by atoms with Gasteiger partial charge in [0.1, 0.15) is 5.54 Å². The molecule has 0 aromatic heterocycles. The van der Waals surface area contributed by atoms with Gasteiger partial charge < -0.3 is 5.73 Å².